The summed E-state index contributed by atoms with van der Waals surface area (Å²) in [7, 11) is 0. The van der Waals surface area contributed by atoms with E-state index in [-0.39, 0.29) is 37.2 Å². The smallest absolute Gasteiger partial charge is 0.0160 e. The lowest BCUT2D eigenvalue weighted by atomic mass is 10.3. The summed E-state index contributed by atoms with van der Waals surface area (Å²) in [5, 5.41) is 6.65. The summed E-state index contributed by atoms with van der Waals surface area (Å²) < 4.78 is 0. The van der Waals surface area contributed by atoms with E-state index in [1.807, 2.05) is 18.2 Å². The Bertz CT molecular complexity index is 208. The van der Waals surface area contributed by atoms with Crippen LogP contribution < -0.4 is 10.6 Å². The standard InChI is InChI=1S/C15H29N3.3ClH/c1-4-9-16-11-7-14-18(13-6-3)15-8-12-17-10-5-2;;;/h4-6,16-17H,1-3,7-15H2;3*1H. The molecular formula is C15H32Cl3N3. The number of nitrogens with zero attached hydrogens (tertiary/aromatic N) is 1. The Kier molecular flexibility index (Phi) is 34.5. The number of halogens is 3. The molecule has 3 nitrogen and oxygen atoms in total. The minimum absolute atomic E-state index is 0. The zero-order valence-electron chi connectivity index (χ0n) is 12.9. The van der Waals surface area contributed by atoms with Gasteiger partial charge in [-0.25, -0.2) is 0 Å². The van der Waals surface area contributed by atoms with Crippen molar-refractivity contribution in [3.8, 4) is 0 Å². The van der Waals surface area contributed by atoms with E-state index in [9.17, 15) is 0 Å². The fourth-order valence-electron chi connectivity index (χ4n) is 1.74. The SMILES string of the molecule is C=CCNCCCN(CC=C)CCCNCC=C.Cl.Cl.Cl. The van der Waals surface area contributed by atoms with E-state index in [0.29, 0.717) is 0 Å². The molecule has 0 unspecified atom stereocenters. The molecule has 0 amide bonds. The van der Waals surface area contributed by atoms with Crippen molar-refractivity contribution >= 4 is 37.2 Å². The first kappa shape index (κ1) is 29.0. The zero-order valence-corrected chi connectivity index (χ0v) is 15.3. The molecule has 2 N–H and O–H groups in total. The lowest BCUT2D eigenvalue weighted by molar-refractivity contribution is 0.292. The maximum atomic E-state index is 3.82. The highest BCUT2D eigenvalue weighted by atomic mass is 35.5. The summed E-state index contributed by atoms with van der Waals surface area (Å²) >= 11 is 0. The maximum Gasteiger partial charge on any atom is 0.0160 e. The molecule has 0 saturated carbocycles. The van der Waals surface area contributed by atoms with E-state index in [2.05, 4.69) is 35.3 Å². The van der Waals surface area contributed by atoms with Crippen LogP contribution in [0.15, 0.2) is 38.0 Å². The Labute approximate surface area is 149 Å². The molecule has 0 aromatic heterocycles. The molecule has 21 heavy (non-hydrogen) atoms. The van der Waals surface area contributed by atoms with Crippen molar-refractivity contribution in [2.75, 3.05) is 45.8 Å². The molecule has 0 radical (unpaired) electrons. The molecule has 128 valence electrons. The highest BCUT2D eigenvalue weighted by Gasteiger charge is 2.01. The predicted octanol–water partition coefficient (Wildman–Crippen LogP) is 3.07. The Morgan fingerprint density at radius 3 is 1.48 bits per heavy atom. The van der Waals surface area contributed by atoms with E-state index >= 15 is 0 Å². The van der Waals surface area contributed by atoms with Crippen molar-refractivity contribution in [1.29, 1.82) is 0 Å². The van der Waals surface area contributed by atoms with Crippen molar-refractivity contribution in [3.05, 3.63) is 38.0 Å². The van der Waals surface area contributed by atoms with E-state index in [1.165, 1.54) is 12.8 Å². The molecule has 6 heteroatoms. The molecule has 0 aromatic rings. The molecule has 0 bridgehead atoms. The third-order valence-electron chi connectivity index (χ3n) is 2.62. The lowest BCUT2D eigenvalue weighted by Crippen LogP contribution is -2.30. The molecule has 0 fully saturated rings. The summed E-state index contributed by atoms with van der Waals surface area (Å²) in [5.74, 6) is 0. The van der Waals surface area contributed by atoms with Crippen molar-refractivity contribution in [2.45, 2.75) is 12.8 Å². The first-order chi connectivity index (χ1) is 8.85. The number of hydrogen-bond acceptors (Lipinski definition) is 3. The largest absolute Gasteiger partial charge is 0.313 e. The lowest BCUT2D eigenvalue weighted by Gasteiger charge is -2.20. The second-order valence-corrected chi connectivity index (χ2v) is 4.28. The van der Waals surface area contributed by atoms with Crippen LogP contribution in [0.4, 0.5) is 0 Å². The summed E-state index contributed by atoms with van der Waals surface area (Å²) in [4.78, 5) is 2.44. The maximum absolute atomic E-state index is 3.82. The van der Waals surface area contributed by atoms with Crippen LogP contribution in [0.25, 0.3) is 0 Å². The first-order valence-corrected chi connectivity index (χ1v) is 6.81. The third-order valence-corrected chi connectivity index (χ3v) is 2.62. The van der Waals surface area contributed by atoms with Crippen molar-refractivity contribution in [3.63, 3.8) is 0 Å². The normalized spacial score (nSPS) is 9.00. The second kappa shape index (κ2) is 25.0. The molecule has 0 aliphatic rings. The molecule has 0 aromatic carbocycles. The van der Waals surface area contributed by atoms with Gasteiger partial charge in [-0.15, -0.1) is 57.0 Å². The average molecular weight is 361 g/mol. The van der Waals surface area contributed by atoms with Gasteiger partial charge in [-0.2, -0.15) is 0 Å². The third kappa shape index (κ3) is 22.4. The quantitative estimate of drug-likeness (QED) is 0.368. The molecule has 0 aliphatic carbocycles. The highest BCUT2D eigenvalue weighted by molar-refractivity contribution is 5.86. The minimum atomic E-state index is 0. The van der Waals surface area contributed by atoms with Gasteiger partial charge < -0.3 is 10.6 Å². The predicted molar refractivity (Wildman–Crippen MR) is 104 cm³/mol. The topological polar surface area (TPSA) is 27.3 Å². The second-order valence-electron chi connectivity index (χ2n) is 4.28. The van der Waals surface area contributed by atoms with Crippen LogP contribution in [0.5, 0.6) is 0 Å². The van der Waals surface area contributed by atoms with Crippen molar-refractivity contribution < 1.29 is 0 Å². The van der Waals surface area contributed by atoms with Crippen LogP contribution in [0, 0.1) is 0 Å². The van der Waals surface area contributed by atoms with Crippen LogP contribution in [0.3, 0.4) is 0 Å². The summed E-state index contributed by atoms with van der Waals surface area (Å²) in [6, 6.07) is 0. The molecule has 0 heterocycles. The number of nitrogens with one attached hydrogen (secondary N) is 2. The van der Waals surface area contributed by atoms with Gasteiger partial charge in [-0.1, -0.05) is 18.2 Å². The van der Waals surface area contributed by atoms with E-state index in [1.54, 1.807) is 0 Å². The van der Waals surface area contributed by atoms with Crippen molar-refractivity contribution in [2.24, 2.45) is 0 Å². The Balaban J connectivity index is -0.000000482. The van der Waals surface area contributed by atoms with Gasteiger partial charge in [0, 0.05) is 19.6 Å². The van der Waals surface area contributed by atoms with Gasteiger partial charge in [0.15, 0.2) is 0 Å². The molecule has 0 spiro atoms. The van der Waals surface area contributed by atoms with Crippen LogP contribution in [-0.2, 0) is 0 Å². The van der Waals surface area contributed by atoms with Gasteiger partial charge in [0.1, 0.15) is 0 Å². The monoisotopic (exact) mass is 359 g/mol. The molecule has 0 atom stereocenters. The van der Waals surface area contributed by atoms with Gasteiger partial charge in [0.05, 0.1) is 0 Å². The Morgan fingerprint density at radius 2 is 1.14 bits per heavy atom. The van der Waals surface area contributed by atoms with Gasteiger partial charge in [0.25, 0.3) is 0 Å². The van der Waals surface area contributed by atoms with E-state index in [4.69, 9.17) is 0 Å². The van der Waals surface area contributed by atoms with Crippen LogP contribution >= 0.6 is 37.2 Å². The Hall–Kier alpha value is -0.0300. The highest BCUT2D eigenvalue weighted by Crippen LogP contribution is 1.94. The summed E-state index contributed by atoms with van der Waals surface area (Å²) in [5.41, 5.74) is 0. The molecule has 0 rings (SSSR count). The van der Waals surface area contributed by atoms with Crippen molar-refractivity contribution in [1.82, 2.24) is 15.5 Å². The summed E-state index contributed by atoms with van der Waals surface area (Å²) in [6.45, 7) is 18.3. The molecular weight excluding hydrogens is 329 g/mol. The van der Waals surface area contributed by atoms with Crippen LogP contribution in [-0.4, -0.2) is 50.7 Å². The van der Waals surface area contributed by atoms with Gasteiger partial charge in [-0.05, 0) is 39.0 Å². The van der Waals surface area contributed by atoms with Gasteiger partial charge >= 0.3 is 0 Å². The minimum Gasteiger partial charge on any atom is -0.313 e. The van der Waals surface area contributed by atoms with Gasteiger partial charge in [0.2, 0.25) is 0 Å². The zero-order chi connectivity index (χ0) is 13.5. The molecule has 0 aliphatic heterocycles. The fraction of sp³-hybridized carbons (Fsp3) is 0.600. The fourth-order valence-corrected chi connectivity index (χ4v) is 1.74. The average Bonchev–Trinajstić information content (AvgIpc) is 2.38. The number of rotatable bonds is 14. The first-order valence-electron chi connectivity index (χ1n) is 6.81. The van der Waals surface area contributed by atoms with E-state index in [0.717, 1.165) is 45.8 Å². The molecule has 0 saturated heterocycles. The van der Waals surface area contributed by atoms with E-state index < -0.39 is 0 Å². The summed E-state index contributed by atoms with van der Waals surface area (Å²) in [6.07, 6.45) is 8.11. The van der Waals surface area contributed by atoms with Crippen LogP contribution in [0.1, 0.15) is 12.8 Å². The number of hydrogen-bond donors (Lipinski definition) is 2. The van der Waals surface area contributed by atoms with Gasteiger partial charge in [-0.3, -0.25) is 4.90 Å². The van der Waals surface area contributed by atoms with Crippen LogP contribution in [0.2, 0.25) is 0 Å². The Morgan fingerprint density at radius 1 is 0.714 bits per heavy atom.